The number of ether oxygens (including phenoxy) is 1. The lowest BCUT2D eigenvalue weighted by Crippen LogP contribution is -2.18. The molecule has 0 unspecified atom stereocenters. The summed E-state index contributed by atoms with van der Waals surface area (Å²) in [5.74, 6) is 0. The van der Waals surface area contributed by atoms with Crippen LogP contribution in [0.1, 0.15) is 4.88 Å². The standard InChI is InChI=1S/C7H7ClN4O2S/c8-5-4(3-9)15-7(12-5)11-1-2-14-6(10)13/h1-2H2,(H2,10,13)(H,11,12). The third kappa shape index (κ3) is 3.61. The normalized spacial score (nSPS) is 9.33. The first-order valence-corrected chi connectivity index (χ1v) is 5.05. The number of aromatic nitrogens is 1. The van der Waals surface area contributed by atoms with E-state index in [1.54, 1.807) is 0 Å². The molecule has 1 amide bonds. The number of thiazole rings is 1. The van der Waals surface area contributed by atoms with Crippen LogP contribution < -0.4 is 11.1 Å². The van der Waals surface area contributed by atoms with E-state index in [4.69, 9.17) is 22.6 Å². The van der Waals surface area contributed by atoms with Crippen LogP contribution in [-0.4, -0.2) is 24.2 Å². The Kier molecular flexibility index (Phi) is 4.15. The van der Waals surface area contributed by atoms with Crippen molar-refractivity contribution >= 4 is 34.2 Å². The monoisotopic (exact) mass is 246 g/mol. The Morgan fingerprint density at radius 1 is 1.80 bits per heavy atom. The van der Waals surface area contributed by atoms with Gasteiger partial charge in [-0.1, -0.05) is 22.9 Å². The molecule has 1 heterocycles. The van der Waals surface area contributed by atoms with Crippen LogP contribution in [0, 0.1) is 11.3 Å². The Hall–Kier alpha value is -1.52. The number of hydrogen-bond acceptors (Lipinski definition) is 6. The highest BCUT2D eigenvalue weighted by molar-refractivity contribution is 7.16. The van der Waals surface area contributed by atoms with E-state index in [1.165, 1.54) is 0 Å². The minimum absolute atomic E-state index is 0.133. The Bertz CT molecular complexity index is 400. The number of nitrogens with zero attached hydrogens (tertiary/aromatic N) is 2. The van der Waals surface area contributed by atoms with Crippen LogP contribution in [0.15, 0.2) is 0 Å². The highest BCUT2D eigenvalue weighted by Gasteiger charge is 2.07. The summed E-state index contributed by atoms with van der Waals surface area (Å²) >= 11 is 6.77. The highest BCUT2D eigenvalue weighted by Crippen LogP contribution is 2.25. The van der Waals surface area contributed by atoms with Gasteiger partial charge in [0.15, 0.2) is 10.3 Å². The van der Waals surface area contributed by atoms with E-state index in [0.717, 1.165) is 11.3 Å². The molecular weight excluding hydrogens is 240 g/mol. The van der Waals surface area contributed by atoms with Crippen molar-refractivity contribution in [3.63, 3.8) is 0 Å². The molecule has 0 spiro atoms. The van der Waals surface area contributed by atoms with E-state index < -0.39 is 6.09 Å². The number of carbonyl (C=O) groups excluding carboxylic acids is 1. The van der Waals surface area contributed by atoms with Crippen LogP contribution in [0.25, 0.3) is 0 Å². The summed E-state index contributed by atoms with van der Waals surface area (Å²) in [5.41, 5.74) is 4.76. The number of amides is 1. The summed E-state index contributed by atoms with van der Waals surface area (Å²) in [6.45, 7) is 0.492. The summed E-state index contributed by atoms with van der Waals surface area (Å²) in [6.07, 6.45) is -0.827. The van der Waals surface area contributed by atoms with E-state index in [-0.39, 0.29) is 11.8 Å². The quantitative estimate of drug-likeness (QED) is 0.777. The Balaban J connectivity index is 2.38. The molecule has 1 rings (SSSR count). The first-order valence-electron chi connectivity index (χ1n) is 3.86. The number of halogens is 1. The van der Waals surface area contributed by atoms with Gasteiger partial charge in [-0.05, 0) is 0 Å². The summed E-state index contributed by atoms with van der Waals surface area (Å²) < 4.78 is 4.48. The summed E-state index contributed by atoms with van der Waals surface area (Å²) in [4.78, 5) is 14.4. The lowest BCUT2D eigenvalue weighted by molar-refractivity contribution is 0.161. The lowest BCUT2D eigenvalue weighted by atomic mass is 10.6. The second-order valence-electron chi connectivity index (χ2n) is 2.35. The van der Waals surface area contributed by atoms with Gasteiger partial charge in [0.1, 0.15) is 17.6 Å². The summed E-state index contributed by atoms with van der Waals surface area (Å²) in [7, 11) is 0. The van der Waals surface area contributed by atoms with Crippen LogP contribution in [0.3, 0.4) is 0 Å². The smallest absolute Gasteiger partial charge is 0.404 e. The maximum atomic E-state index is 10.2. The fraction of sp³-hybridized carbons (Fsp3) is 0.286. The predicted octanol–water partition coefficient (Wildman–Crippen LogP) is 1.18. The molecule has 0 atom stereocenters. The molecule has 1 aromatic rings. The van der Waals surface area contributed by atoms with Crippen molar-refractivity contribution in [1.29, 1.82) is 5.26 Å². The van der Waals surface area contributed by atoms with Gasteiger partial charge in [0.2, 0.25) is 0 Å². The molecule has 0 aliphatic heterocycles. The molecule has 6 nitrogen and oxygen atoms in total. The van der Waals surface area contributed by atoms with Crippen molar-refractivity contribution in [3.8, 4) is 6.07 Å². The van der Waals surface area contributed by atoms with Gasteiger partial charge in [0.05, 0.1) is 6.54 Å². The maximum Gasteiger partial charge on any atom is 0.404 e. The molecule has 0 aromatic carbocycles. The topological polar surface area (TPSA) is 101 Å². The molecule has 3 N–H and O–H groups in total. The maximum absolute atomic E-state index is 10.2. The third-order valence-corrected chi connectivity index (χ3v) is 2.61. The summed E-state index contributed by atoms with van der Waals surface area (Å²) in [5, 5.41) is 12.1. The molecule has 15 heavy (non-hydrogen) atoms. The molecule has 80 valence electrons. The number of rotatable bonds is 4. The zero-order chi connectivity index (χ0) is 11.3. The molecule has 0 fully saturated rings. The average molecular weight is 247 g/mol. The van der Waals surface area contributed by atoms with Gasteiger partial charge in [-0.3, -0.25) is 0 Å². The van der Waals surface area contributed by atoms with E-state index in [0.29, 0.717) is 16.6 Å². The Morgan fingerprint density at radius 3 is 3.07 bits per heavy atom. The van der Waals surface area contributed by atoms with Crippen molar-refractivity contribution in [1.82, 2.24) is 4.98 Å². The number of primary amides is 1. The molecule has 1 aromatic heterocycles. The van der Waals surface area contributed by atoms with Gasteiger partial charge < -0.3 is 15.8 Å². The fourth-order valence-corrected chi connectivity index (χ4v) is 1.73. The lowest BCUT2D eigenvalue weighted by Gasteiger charge is -2.01. The van der Waals surface area contributed by atoms with E-state index in [9.17, 15) is 4.79 Å². The Labute approximate surface area is 94.6 Å². The molecular formula is C7H7ClN4O2S. The van der Waals surface area contributed by atoms with Gasteiger partial charge in [-0.2, -0.15) is 5.26 Å². The third-order valence-electron chi connectivity index (χ3n) is 1.31. The number of hydrogen-bond donors (Lipinski definition) is 2. The van der Waals surface area contributed by atoms with Crippen LogP contribution in [-0.2, 0) is 4.74 Å². The first kappa shape index (κ1) is 11.6. The van der Waals surface area contributed by atoms with Gasteiger partial charge in [0.25, 0.3) is 0 Å². The minimum Gasteiger partial charge on any atom is -0.448 e. The first-order chi connectivity index (χ1) is 7.13. The average Bonchev–Trinajstić information content (AvgIpc) is 2.53. The SMILES string of the molecule is N#Cc1sc(NCCOC(N)=O)nc1Cl. The van der Waals surface area contributed by atoms with Crippen molar-refractivity contribution < 1.29 is 9.53 Å². The van der Waals surface area contributed by atoms with Crippen molar-refractivity contribution in [2.75, 3.05) is 18.5 Å². The predicted molar refractivity (Wildman–Crippen MR) is 55.9 cm³/mol. The molecule has 0 saturated carbocycles. The van der Waals surface area contributed by atoms with Crippen LogP contribution in [0.2, 0.25) is 5.15 Å². The molecule has 0 bridgehead atoms. The van der Waals surface area contributed by atoms with Crippen LogP contribution in [0.5, 0.6) is 0 Å². The highest BCUT2D eigenvalue weighted by atomic mass is 35.5. The molecule has 0 radical (unpaired) electrons. The molecule has 0 saturated heterocycles. The molecule has 0 aliphatic carbocycles. The van der Waals surface area contributed by atoms with E-state index in [2.05, 4.69) is 15.0 Å². The zero-order valence-electron chi connectivity index (χ0n) is 7.49. The molecule has 8 heteroatoms. The molecule has 0 aliphatic rings. The van der Waals surface area contributed by atoms with Gasteiger partial charge in [-0.25, -0.2) is 9.78 Å². The van der Waals surface area contributed by atoms with Gasteiger partial charge >= 0.3 is 6.09 Å². The van der Waals surface area contributed by atoms with Crippen molar-refractivity contribution in [2.45, 2.75) is 0 Å². The van der Waals surface area contributed by atoms with E-state index in [1.807, 2.05) is 6.07 Å². The van der Waals surface area contributed by atoms with Gasteiger partial charge in [-0.15, -0.1) is 0 Å². The van der Waals surface area contributed by atoms with E-state index >= 15 is 0 Å². The Morgan fingerprint density at radius 2 is 2.53 bits per heavy atom. The minimum atomic E-state index is -0.827. The van der Waals surface area contributed by atoms with Gasteiger partial charge in [0, 0.05) is 0 Å². The van der Waals surface area contributed by atoms with Crippen molar-refractivity contribution in [2.24, 2.45) is 5.73 Å². The second kappa shape index (κ2) is 5.38. The fourth-order valence-electron chi connectivity index (χ4n) is 0.756. The van der Waals surface area contributed by atoms with Crippen LogP contribution in [0.4, 0.5) is 9.93 Å². The number of anilines is 1. The number of nitrogens with two attached hydrogens (primary N) is 1. The van der Waals surface area contributed by atoms with Crippen LogP contribution >= 0.6 is 22.9 Å². The number of carbonyl (C=O) groups is 1. The number of nitrogens with one attached hydrogen (secondary N) is 1. The summed E-state index contributed by atoms with van der Waals surface area (Å²) in [6, 6.07) is 1.90. The van der Waals surface area contributed by atoms with Crippen molar-refractivity contribution in [3.05, 3.63) is 10.0 Å². The largest absolute Gasteiger partial charge is 0.448 e. The zero-order valence-corrected chi connectivity index (χ0v) is 9.06. The number of nitriles is 1. The second-order valence-corrected chi connectivity index (χ2v) is 3.70.